The summed E-state index contributed by atoms with van der Waals surface area (Å²) in [5, 5.41) is 6.72. The molecule has 1 atom stereocenters. The lowest BCUT2D eigenvalue weighted by molar-refractivity contribution is 0.573. The predicted molar refractivity (Wildman–Crippen MR) is 79.9 cm³/mol. The Labute approximate surface area is 120 Å². The zero-order valence-corrected chi connectivity index (χ0v) is 12.4. The van der Waals surface area contributed by atoms with Gasteiger partial charge in [-0.1, -0.05) is 34.1 Å². The highest BCUT2D eigenvalue weighted by atomic mass is 79.9. The van der Waals surface area contributed by atoms with E-state index < -0.39 is 0 Å². The lowest BCUT2D eigenvalue weighted by Gasteiger charge is -2.04. The van der Waals surface area contributed by atoms with E-state index >= 15 is 0 Å². The van der Waals surface area contributed by atoms with Gasteiger partial charge in [-0.15, -0.1) is 11.3 Å². The number of thiazole rings is 1. The van der Waals surface area contributed by atoms with Gasteiger partial charge in [-0.3, -0.25) is 0 Å². The summed E-state index contributed by atoms with van der Waals surface area (Å²) < 4.78 is 1.12. The summed E-state index contributed by atoms with van der Waals surface area (Å²) in [7, 11) is 0. The van der Waals surface area contributed by atoms with Crippen molar-refractivity contribution in [3.63, 3.8) is 0 Å². The van der Waals surface area contributed by atoms with E-state index in [1.165, 1.54) is 17.7 Å². The zero-order valence-electron chi connectivity index (χ0n) is 10.0. The third-order valence-corrected chi connectivity index (χ3v) is 4.93. The van der Waals surface area contributed by atoms with Crippen molar-refractivity contribution >= 4 is 27.3 Å². The van der Waals surface area contributed by atoms with Gasteiger partial charge in [0, 0.05) is 15.4 Å². The first-order valence-corrected chi connectivity index (χ1v) is 7.90. The molecule has 1 N–H and O–H groups in total. The maximum atomic E-state index is 4.77. The first-order chi connectivity index (χ1) is 8.83. The summed E-state index contributed by atoms with van der Waals surface area (Å²) in [4.78, 5) is 4.77. The molecule has 0 amide bonds. The molecule has 1 fully saturated rings. The molecule has 1 aromatic heterocycles. The monoisotopic (exact) mass is 322 g/mol. The van der Waals surface area contributed by atoms with Crippen LogP contribution in [0.15, 0.2) is 34.1 Å². The molecule has 94 valence electrons. The van der Waals surface area contributed by atoms with Gasteiger partial charge in [-0.2, -0.15) is 0 Å². The van der Waals surface area contributed by atoms with E-state index in [9.17, 15) is 0 Å². The van der Waals surface area contributed by atoms with Gasteiger partial charge >= 0.3 is 0 Å². The topological polar surface area (TPSA) is 24.9 Å². The number of halogens is 1. The Morgan fingerprint density at radius 1 is 1.39 bits per heavy atom. The van der Waals surface area contributed by atoms with Crippen LogP contribution in [-0.4, -0.2) is 18.1 Å². The number of aromatic nitrogens is 1. The molecule has 18 heavy (non-hydrogen) atoms. The molecule has 4 heteroatoms. The van der Waals surface area contributed by atoms with Gasteiger partial charge in [0.15, 0.2) is 0 Å². The van der Waals surface area contributed by atoms with E-state index in [1.54, 1.807) is 11.3 Å². The largest absolute Gasteiger partial charge is 0.316 e. The minimum Gasteiger partial charge on any atom is -0.316 e. The second kappa shape index (κ2) is 5.51. The third-order valence-electron chi connectivity index (χ3n) is 3.32. The minimum atomic E-state index is 0.763. The van der Waals surface area contributed by atoms with Crippen LogP contribution in [-0.2, 0) is 6.42 Å². The summed E-state index contributed by atoms with van der Waals surface area (Å²) in [6.45, 7) is 2.30. The molecule has 0 spiro atoms. The van der Waals surface area contributed by atoms with Crippen LogP contribution in [0.4, 0.5) is 0 Å². The Hall–Kier alpha value is -0.710. The van der Waals surface area contributed by atoms with Crippen molar-refractivity contribution in [2.75, 3.05) is 13.1 Å². The van der Waals surface area contributed by atoms with E-state index in [1.807, 2.05) is 6.07 Å². The lowest BCUT2D eigenvalue weighted by atomic mass is 10.0. The first kappa shape index (κ1) is 12.3. The Kier molecular flexibility index (Phi) is 3.77. The van der Waals surface area contributed by atoms with Gasteiger partial charge in [-0.25, -0.2) is 4.98 Å². The highest BCUT2D eigenvalue weighted by molar-refractivity contribution is 9.10. The van der Waals surface area contributed by atoms with Gasteiger partial charge in [0.25, 0.3) is 0 Å². The van der Waals surface area contributed by atoms with Gasteiger partial charge in [0.05, 0.1) is 5.69 Å². The molecule has 1 unspecified atom stereocenters. The van der Waals surface area contributed by atoms with Gasteiger partial charge in [-0.05, 0) is 37.9 Å². The van der Waals surface area contributed by atoms with Crippen LogP contribution in [0.3, 0.4) is 0 Å². The summed E-state index contributed by atoms with van der Waals surface area (Å²) >= 11 is 5.33. The van der Waals surface area contributed by atoms with Crippen LogP contribution in [0.5, 0.6) is 0 Å². The molecule has 0 radical (unpaired) electrons. The molecule has 1 aliphatic heterocycles. The minimum absolute atomic E-state index is 0.763. The summed E-state index contributed by atoms with van der Waals surface area (Å²) in [6, 6.07) is 8.27. The molecule has 0 aliphatic carbocycles. The summed E-state index contributed by atoms with van der Waals surface area (Å²) in [6.07, 6.45) is 2.38. The van der Waals surface area contributed by atoms with E-state index in [4.69, 9.17) is 4.98 Å². The van der Waals surface area contributed by atoms with Crippen molar-refractivity contribution in [3.05, 3.63) is 39.8 Å². The predicted octanol–water partition coefficient (Wildman–Crippen LogP) is 3.72. The van der Waals surface area contributed by atoms with Crippen molar-refractivity contribution in [2.24, 2.45) is 5.92 Å². The molecule has 2 aromatic rings. The molecule has 2 heterocycles. The van der Waals surface area contributed by atoms with Gasteiger partial charge in [0.1, 0.15) is 5.01 Å². The zero-order chi connectivity index (χ0) is 12.4. The Morgan fingerprint density at radius 2 is 2.28 bits per heavy atom. The molecule has 1 aromatic carbocycles. The van der Waals surface area contributed by atoms with Crippen molar-refractivity contribution in [3.8, 4) is 10.6 Å². The van der Waals surface area contributed by atoms with Crippen LogP contribution >= 0.6 is 27.3 Å². The SMILES string of the molecule is Brc1ccccc1-c1nc(CC2CCNC2)cs1. The van der Waals surface area contributed by atoms with E-state index in [0.29, 0.717) is 0 Å². The second-order valence-electron chi connectivity index (χ2n) is 4.69. The maximum Gasteiger partial charge on any atom is 0.124 e. The normalized spacial score (nSPS) is 19.3. The number of benzene rings is 1. The fourth-order valence-corrected chi connectivity index (χ4v) is 3.82. The number of nitrogens with zero attached hydrogens (tertiary/aromatic N) is 1. The van der Waals surface area contributed by atoms with E-state index in [2.05, 4.69) is 44.8 Å². The smallest absolute Gasteiger partial charge is 0.124 e. The number of rotatable bonds is 3. The molecule has 3 rings (SSSR count). The van der Waals surface area contributed by atoms with E-state index in [-0.39, 0.29) is 0 Å². The average Bonchev–Trinajstić information content (AvgIpc) is 3.02. The number of hydrogen-bond acceptors (Lipinski definition) is 3. The number of hydrogen-bond donors (Lipinski definition) is 1. The fourth-order valence-electron chi connectivity index (χ4n) is 2.34. The van der Waals surface area contributed by atoms with E-state index in [0.717, 1.165) is 34.9 Å². The standard InChI is InChI=1S/C14H15BrN2S/c15-13-4-2-1-3-12(13)14-17-11(9-18-14)7-10-5-6-16-8-10/h1-4,9-10,16H,5-8H2. The Bertz CT molecular complexity index is 532. The Balaban J connectivity index is 1.79. The van der Waals surface area contributed by atoms with Gasteiger partial charge in [0.2, 0.25) is 0 Å². The molecule has 0 bridgehead atoms. The molecular formula is C14H15BrN2S. The quantitative estimate of drug-likeness (QED) is 0.931. The second-order valence-corrected chi connectivity index (χ2v) is 6.40. The van der Waals surface area contributed by atoms with Crippen molar-refractivity contribution in [1.29, 1.82) is 0 Å². The molecule has 1 saturated heterocycles. The lowest BCUT2D eigenvalue weighted by Crippen LogP contribution is -2.10. The van der Waals surface area contributed by atoms with Crippen LogP contribution < -0.4 is 5.32 Å². The summed E-state index contributed by atoms with van der Waals surface area (Å²) in [5.41, 5.74) is 2.43. The van der Waals surface area contributed by atoms with Crippen LogP contribution in [0.2, 0.25) is 0 Å². The van der Waals surface area contributed by atoms with Crippen LogP contribution in [0, 0.1) is 5.92 Å². The molecule has 2 nitrogen and oxygen atoms in total. The van der Waals surface area contributed by atoms with Gasteiger partial charge < -0.3 is 5.32 Å². The molecule has 0 saturated carbocycles. The van der Waals surface area contributed by atoms with Crippen molar-refractivity contribution in [1.82, 2.24) is 10.3 Å². The van der Waals surface area contributed by atoms with Crippen LogP contribution in [0.25, 0.3) is 10.6 Å². The van der Waals surface area contributed by atoms with Crippen molar-refractivity contribution < 1.29 is 0 Å². The Morgan fingerprint density at radius 3 is 3.06 bits per heavy atom. The third kappa shape index (κ3) is 2.66. The van der Waals surface area contributed by atoms with Crippen molar-refractivity contribution in [2.45, 2.75) is 12.8 Å². The first-order valence-electron chi connectivity index (χ1n) is 6.23. The maximum absolute atomic E-state index is 4.77. The molecule has 1 aliphatic rings. The van der Waals surface area contributed by atoms with Crippen LogP contribution in [0.1, 0.15) is 12.1 Å². The fraction of sp³-hybridized carbons (Fsp3) is 0.357. The number of nitrogens with one attached hydrogen (secondary N) is 1. The average molecular weight is 323 g/mol. The summed E-state index contributed by atoms with van der Waals surface area (Å²) in [5.74, 6) is 0.763. The highest BCUT2D eigenvalue weighted by Crippen LogP contribution is 2.31. The highest BCUT2D eigenvalue weighted by Gasteiger charge is 2.16. The molecular weight excluding hydrogens is 308 g/mol.